The molecular formula is C52H72N4O4. The number of hydrogen-bond acceptors (Lipinski definition) is 8. The van der Waals surface area contributed by atoms with Crippen molar-refractivity contribution in [2.24, 2.45) is 10.8 Å². The molecular weight excluding hydrogens is 745 g/mol. The van der Waals surface area contributed by atoms with E-state index in [4.69, 9.17) is 18.9 Å². The number of ether oxygens (including phenoxy) is 4. The van der Waals surface area contributed by atoms with Gasteiger partial charge >= 0.3 is 0 Å². The average Bonchev–Trinajstić information content (AvgIpc) is 3.51. The Balaban J connectivity index is 0.000000201. The summed E-state index contributed by atoms with van der Waals surface area (Å²) < 4.78 is 21.1. The maximum absolute atomic E-state index is 5.31. The van der Waals surface area contributed by atoms with Crippen molar-refractivity contribution in [1.29, 1.82) is 0 Å². The van der Waals surface area contributed by atoms with Crippen LogP contribution in [0.1, 0.15) is 81.5 Å². The number of hydrogen-bond donors (Lipinski definition) is 1. The Labute approximate surface area is 361 Å². The molecule has 3 fully saturated rings. The van der Waals surface area contributed by atoms with Crippen molar-refractivity contribution >= 4 is 0 Å². The van der Waals surface area contributed by atoms with Crippen molar-refractivity contribution in [3.63, 3.8) is 0 Å². The van der Waals surface area contributed by atoms with Gasteiger partial charge in [-0.3, -0.25) is 14.7 Å². The summed E-state index contributed by atoms with van der Waals surface area (Å²) >= 11 is 0. The van der Waals surface area contributed by atoms with Crippen LogP contribution < -0.4 is 24.3 Å². The average molecular weight is 817 g/mol. The summed E-state index contributed by atoms with van der Waals surface area (Å²) in [7, 11) is 6.86. The molecule has 1 N–H and O–H groups in total. The highest BCUT2D eigenvalue weighted by molar-refractivity contribution is 5.30. The number of methoxy groups -OCH3 is 4. The standard InChI is InChI=1S/2C26H36N2O2/c1-25(2)19-26(20-28(25)18-22-7-11-24(30-4)12-8-22)13-15-27(16-14-26)17-21-5-9-23(29-3)10-6-21;1-21(2)17-26(20-27-18-22-5-9-24(29-3)10-6-22)13-15-28(16-14-26)19-23-7-11-25(30-4)12-8-23/h5-12H,13-20H2,1-4H3;5-12,27H,1,13-20H2,2-4H3. The van der Waals surface area contributed by atoms with Crippen molar-refractivity contribution in [2.45, 2.75) is 91.0 Å². The molecule has 0 saturated carbocycles. The van der Waals surface area contributed by atoms with Gasteiger partial charge < -0.3 is 24.3 Å². The van der Waals surface area contributed by atoms with Crippen molar-refractivity contribution in [3.8, 4) is 23.0 Å². The number of nitrogens with zero attached hydrogens (tertiary/aromatic N) is 3. The molecule has 0 amide bonds. The first kappa shape index (κ1) is 45.2. The fourth-order valence-corrected chi connectivity index (χ4v) is 9.88. The van der Waals surface area contributed by atoms with Crippen LogP contribution >= 0.6 is 0 Å². The number of allylic oxidation sites excluding steroid dienone is 1. The topological polar surface area (TPSA) is 58.7 Å². The van der Waals surface area contributed by atoms with E-state index in [1.54, 1.807) is 28.4 Å². The van der Waals surface area contributed by atoms with E-state index in [2.05, 4.69) is 120 Å². The summed E-state index contributed by atoms with van der Waals surface area (Å²) in [5.41, 5.74) is 7.68. The van der Waals surface area contributed by atoms with Gasteiger partial charge in [-0.25, -0.2) is 0 Å². The molecule has 0 bridgehead atoms. The summed E-state index contributed by atoms with van der Waals surface area (Å²) in [6, 6.07) is 33.8. The van der Waals surface area contributed by atoms with Gasteiger partial charge in [-0.15, -0.1) is 6.58 Å². The largest absolute Gasteiger partial charge is 0.497 e. The lowest BCUT2D eigenvalue weighted by molar-refractivity contribution is 0.0964. The Hall–Kier alpha value is -4.34. The van der Waals surface area contributed by atoms with Crippen LogP contribution in [0.3, 0.4) is 0 Å². The Kier molecular flexibility index (Phi) is 15.8. The van der Waals surface area contributed by atoms with Crippen LogP contribution in [-0.2, 0) is 26.2 Å². The molecule has 0 unspecified atom stereocenters. The maximum atomic E-state index is 5.31. The molecule has 8 nitrogen and oxygen atoms in total. The first-order valence-corrected chi connectivity index (χ1v) is 22.0. The van der Waals surface area contributed by atoms with Gasteiger partial charge in [0.15, 0.2) is 0 Å². The van der Waals surface area contributed by atoms with Crippen molar-refractivity contribution in [2.75, 3.05) is 67.7 Å². The fourth-order valence-electron chi connectivity index (χ4n) is 9.88. The third-order valence-electron chi connectivity index (χ3n) is 13.4. The summed E-state index contributed by atoms with van der Waals surface area (Å²) in [4.78, 5) is 7.89. The normalized spacial score (nSPS) is 18.6. The Morgan fingerprint density at radius 2 is 0.950 bits per heavy atom. The van der Waals surface area contributed by atoms with E-state index < -0.39 is 0 Å². The molecule has 4 aromatic rings. The van der Waals surface area contributed by atoms with E-state index in [0.29, 0.717) is 10.8 Å². The van der Waals surface area contributed by atoms with E-state index in [-0.39, 0.29) is 5.54 Å². The molecule has 3 aliphatic heterocycles. The molecule has 8 heteroatoms. The highest BCUT2D eigenvalue weighted by Crippen LogP contribution is 2.48. The predicted octanol–water partition coefficient (Wildman–Crippen LogP) is 10.0. The van der Waals surface area contributed by atoms with E-state index in [1.165, 1.54) is 79.6 Å². The molecule has 0 aliphatic carbocycles. The number of nitrogens with one attached hydrogen (secondary N) is 1. The SMILES string of the molecule is C=C(C)CC1(CNCc2ccc(OC)cc2)CCN(Cc2ccc(OC)cc2)CC1.COc1ccc(CN2CCC3(CC2)CN(Cc2ccc(OC)cc2)C(C)(C)C3)cc1. The van der Waals surface area contributed by atoms with E-state index >= 15 is 0 Å². The lowest BCUT2D eigenvalue weighted by Crippen LogP contribution is -2.45. The minimum absolute atomic E-state index is 0.248. The van der Waals surface area contributed by atoms with Crippen LogP contribution in [0.5, 0.6) is 23.0 Å². The second-order valence-electron chi connectivity index (χ2n) is 18.5. The summed E-state index contributed by atoms with van der Waals surface area (Å²) in [5.74, 6) is 3.68. The molecule has 0 atom stereocenters. The quantitative estimate of drug-likeness (QED) is 0.112. The summed E-state index contributed by atoms with van der Waals surface area (Å²) in [6.07, 6.45) is 7.39. The minimum Gasteiger partial charge on any atom is -0.497 e. The smallest absolute Gasteiger partial charge is 0.118 e. The van der Waals surface area contributed by atoms with Crippen LogP contribution in [0.15, 0.2) is 109 Å². The third-order valence-corrected chi connectivity index (χ3v) is 13.4. The molecule has 0 radical (unpaired) electrons. The molecule has 60 heavy (non-hydrogen) atoms. The van der Waals surface area contributed by atoms with Gasteiger partial charge in [-0.2, -0.15) is 0 Å². The lowest BCUT2D eigenvalue weighted by Gasteiger charge is -2.42. The van der Waals surface area contributed by atoms with Gasteiger partial charge in [-0.05, 0) is 167 Å². The minimum atomic E-state index is 0.248. The highest BCUT2D eigenvalue weighted by Gasteiger charge is 2.49. The Morgan fingerprint density at radius 3 is 1.35 bits per heavy atom. The second kappa shape index (κ2) is 21.0. The summed E-state index contributed by atoms with van der Waals surface area (Å²) in [6.45, 7) is 22.1. The van der Waals surface area contributed by atoms with Gasteiger partial charge in [0, 0.05) is 44.8 Å². The van der Waals surface area contributed by atoms with Gasteiger partial charge in [0.1, 0.15) is 23.0 Å². The lowest BCUT2D eigenvalue weighted by atomic mass is 9.73. The van der Waals surface area contributed by atoms with Crippen molar-refractivity contribution in [3.05, 3.63) is 131 Å². The fraction of sp³-hybridized carbons (Fsp3) is 0.500. The van der Waals surface area contributed by atoms with Crippen molar-refractivity contribution in [1.82, 2.24) is 20.0 Å². The molecule has 324 valence electrons. The number of rotatable bonds is 16. The van der Waals surface area contributed by atoms with Gasteiger partial charge in [0.25, 0.3) is 0 Å². The Morgan fingerprint density at radius 1 is 0.567 bits per heavy atom. The van der Waals surface area contributed by atoms with Crippen LogP contribution in [0.25, 0.3) is 0 Å². The van der Waals surface area contributed by atoms with Crippen LogP contribution in [0.4, 0.5) is 0 Å². The van der Waals surface area contributed by atoms with Crippen molar-refractivity contribution < 1.29 is 18.9 Å². The van der Waals surface area contributed by atoms with Gasteiger partial charge in [-0.1, -0.05) is 54.1 Å². The molecule has 7 rings (SSSR count). The molecule has 4 aromatic carbocycles. The monoisotopic (exact) mass is 817 g/mol. The zero-order valence-corrected chi connectivity index (χ0v) is 37.7. The van der Waals surface area contributed by atoms with Crippen LogP contribution in [-0.4, -0.2) is 87.9 Å². The molecule has 3 saturated heterocycles. The van der Waals surface area contributed by atoms with E-state index in [9.17, 15) is 0 Å². The zero-order chi connectivity index (χ0) is 42.6. The number of piperidine rings is 2. The van der Waals surface area contributed by atoms with Gasteiger partial charge in [0.05, 0.1) is 28.4 Å². The number of benzene rings is 4. The summed E-state index contributed by atoms with van der Waals surface area (Å²) in [5, 5.41) is 3.72. The first-order chi connectivity index (χ1) is 28.9. The van der Waals surface area contributed by atoms with E-state index in [0.717, 1.165) is 75.2 Å². The van der Waals surface area contributed by atoms with E-state index in [1.807, 2.05) is 24.3 Å². The highest BCUT2D eigenvalue weighted by atomic mass is 16.5. The first-order valence-electron chi connectivity index (χ1n) is 22.0. The number of likely N-dealkylation sites (tertiary alicyclic amines) is 3. The zero-order valence-electron chi connectivity index (χ0n) is 37.7. The Bertz CT molecular complexity index is 1890. The maximum Gasteiger partial charge on any atom is 0.118 e. The molecule has 1 spiro atoms. The molecule has 0 aromatic heterocycles. The molecule has 3 heterocycles. The van der Waals surface area contributed by atoms with Gasteiger partial charge in [0.2, 0.25) is 0 Å². The third kappa shape index (κ3) is 12.6. The van der Waals surface area contributed by atoms with Crippen LogP contribution in [0.2, 0.25) is 0 Å². The predicted molar refractivity (Wildman–Crippen MR) is 246 cm³/mol. The second-order valence-corrected chi connectivity index (χ2v) is 18.5. The molecule has 3 aliphatic rings. The van der Waals surface area contributed by atoms with Crippen LogP contribution in [0, 0.1) is 10.8 Å².